The van der Waals surface area contributed by atoms with Gasteiger partial charge in [0.2, 0.25) is 0 Å². The highest BCUT2D eigenvalue weighted by molar-refractivity contribution is 5.94. The number of carbonyl (C=O) groups excluding carboxylic acids is 1. The van der Waals surface area contributed by atoms with E-state index in [1.807, 2.05) is 4.90 Å². The fourth-order valence-corrected chi connectivity index (χ4v) is 3.47. The Balaban J connectivity index is 1.72. The maximum absolute atomic E-state index is 13.9. The molecule has 1 unspecified atom stereocenters. The fourth-order valence-electron chi connectivity index (χ4n) is 3.47. The molecule has 1 fully saturated rings. The number of rotatable bonds is 5. The van der Waals surface area contributed by atoms with Crippen LogP contribution in [0, 0.1) is 17.6 Å². The van der Waals surface area contributed by atoms with E-state index in [0.717, 1.165) is 38.4 Å². The third-order valence-corrected chi connectivity index (χ3v) is 4.93. The van der Waals surface area contributed by atoms with Crippen LogP contribution in [0.1, 0.15) is 29.6 Å². The van der Waals surface area contributed by atoms with E-state index in [9.17, 15) is 13.6 Å². The molecule has 0 aromatic heterocycles. The zero-order valence-electron chi connectivity index (χ0n) is 14.9. The van der Waals surface area contributed by atoms with Crippen molar-refractivity contribution in [2.45, 2.75) is 19.3 Å². The Bertz CT molecular complexity index is 761. The van der Waals surface area contributed by atoms with Gasteiger partial charge < -0.3 is 9.64 Å². The standard InChI is InChI=1S/C21H23F2NO2/c1-26-13-11-15-4-3-12-24(14-15)21(25)17-9-7-16(8-10-17)18-5-2-6-19(22)20(18)23/h2,5-10,15H,3-4,11-14H2,1H3. The summed E-state index contributed by atoms with van der Waals surface area (Å²) in [7, 11) is 1.69. The number of ether oxygens (including phenoxy) is 1. The molecular weight excluding hydrogens is 336 g/mol. The summed E-state index contributed by atoms with van der Waals surface area (Å²) in [6.07, 6.45) is 3.07. The molecule has 0 bridgehead atoms. The van der Waals surface area contributed by atoms with Crippen molar-refractivity contribution >= 4 is 5.91 Å². The Morgan fingerprint density at radius 1 is 1.19 bits per heavy atom. The highest BCUT2D eigenvalue weighted by Crippen LogP contribution is 2.26. The van der Waals surface area contributed by atoms with Gasteiger partial charge in [0.25, 0.3) is 5.91 Å². The molecule has 26 heavy (non-hydrogen) atoms. The molecule has 1 aliphatic heterocycles. The number of likely N-dealkylation sites (tertiary alicyclic amines) is 1. The van der Waals surface area contributed by atoms with E-state index in [1.54, 1.807) is 31.4 Å². The molecule has 1 atom stereocenters. The molecule has 2 aromatic rings. The Morgan fingerprint density at radius 2 is 1.96 bits per heavy atom. The van der Waals surface area contributed by atoms with Gasteiger partial charge in [0.15, 0.2) is 11.6 Å². The Kier molecular flexibility index (Phi) is 5.99. The second-order valence-corrected chi connectivity index (χ2v) is 6.72. The van der Waals surface area contributed by atoms with Crippen LogP contribution in [0.25, 0.3) is 11.1 Å². The van der Waals surface area contributed by atoms with E-state index in [1.165, 1.54) is 12.1 Å². The Hall–Kier alpha value is -2.27. The van der Waals surface area contributed by atoms with E-state index in [2.05, 4.69) is 0 Å². The first kappa shape index (κ1) is 18.5. The number of amides is 1. The molecule has 0 N–H and O–H groups in total. The van der Waals surface area contributed by atoms with Crippen LogP contribution in [-0.2, 0) is 4.74 Å². The summed E-state index contributed by atoms with van der Waals surface area (Å²) in [5, 5.41) is 0. The number of hydrogen-bond acceptors (Lipinski definition) is 2. The van der Waals surface area contributed by atoms with Gasteiger partial charge in [-0.1, -0.05) is 24.3 Å². The first-order chi connectivity index (χ1) is 12.6. The predicted octanol–water partition coefficient (Wildman–Crippen LogP) is 4.52. The number of nitrogens with zero attached hydrogens (tertiary/aromatic N) is 1. The lowest BCUT2D eigenvalue weighted by molar-refractivity contribution is 0.0642. The third kappa shape index (κ3) is 4.10. The largest absolute Gasteiger partial charge is 0.385 e. The van der Waals surface area contributed by atoms with Crippen LogP contribution < -0.4 is 0 Å². The summed E-state index contributed by atoms with van der Waals surface area (Å²) in [4.78, 5) is 14.6. The van der Waals surface area contributed by atoms with Crippen molar-refractivity contribution < 1.29 is 18.3 Å². The maximum atomic E-state index is 13.9. The van der Waals surface area contributed by atoms with Gasteiger partial charge in [-0.25, -0.2) is 8.78 Å². The number of carbonyl (C=O) groups is 1. The summed E-state index contributed by atoms with van der Waals surface area (Å²) >= 11 is 0. The average Bonchev–Trinajstić information content (AvgIpc) is 2.68. The van der Waals surface area contributed by atoms with Crippen molar-refractivity contribution in [2.75, 3.05) is 26.8 Å². The van der Waals surface area contributed by atoms with Crippen LogP contribution in [0.4, 0.5) is 8.78 Å². The summed E-state index contributed by atoms with van der Waals surface area (Å²) in [6, 6.07) is 10.8. The zero-order chi connectivity index (χ0) is 18.5. The zero-order valence-corrected chi connectivity index (χ0v) is 14.9. The molecule has 0 aliphatic carbocycles. The molecule has 1 heterocycles. The van der Waals surface area contributed by atoms with E-state index in [-0.39, 0.29) is 11.5 Å². The van der Waals surface area contributed by atoms with Crippen molar-refractivity contribution in [3.05, 3.63) is 59.7 Å². The lowest BCUT2D eigenvalue weighted by Crippen LogP contribution is -2.40. The van der Waals surface area contributed by atoms with Crippen LogP contribution in [0.2, 0.25) is 0 Å². The number of benzene rings is 2. The molecule has 0 saturated carbocycles. The second-order valence-electron chi connectivity index (χ2n) is 6.72. The molecular formula is C21H23F2NO2. The lowest BCUT2D eigenvalue weighted by atomic mass is 9.94. The lowest BCUT2D eigenvalue weighted by Gasteiger charge is -2.32. The Morgan fingerprint density at radius 3 is 2.69 bits per heavy atom. The first-order valence-corrected chi connectivity index (χ1v) is 8.93. The smallest absolute Gasteiger partial charge is 0.253 e. The van der Waals surface area contributed by atoms with Crippen molar-refractivity contribution in [1.82, 2.24) is 4.90 Å². The van der Waals surface area contributed by atoms with Gasteiger partial charge in [-0.15, -0.1) is 0 Å². The van der Waals surface area contributed by atoms with Crippen molar-refractivity contribution in [2.24, 2.45) is 5.92 Å². The van der Waals surface area contributed by atoms with Gasteiger partial charge in [-0.05, 0) is 48.9 Å². The highest BCUT2D eigenvalue weighted by Gasteiger charge is 2.24. The molecule has 0 spiro atoms. The molecule has 0 radical (unpaired) electrons. The first-order valence-electron chi connectivity index (χ1n) is 8.93. The Labute approximate surface area is 152 Å². The second kappa shape index (κ2) is 8.41. The summed E-state index contributed by atoms with van der Waals surface area (Å²) < 4.78 is 32.5. The predicted molar refractivity (Wildman–Crippen MR) is 96.9 cm³/mol. The van der Waals surface area contributed by atoms with Crippen LogP contribution in [0.3, 0.4) is 0 Å². The fraction of sp³-hybridized carbons (Fsp3) is 0.381. The maximum Gasteiger partial charge on any atom is 0.253 e. The van der Waals surface area contributed by atoms with Gasteiger partial charge in [0, 0.05) is 37.9 Å². The average molecular weight is 359 g/mol. The van der Waals surface area contributed by atoms with Crippen molar-refractivity contribution in [3.63, 3.8) is 0 Å². The number of piperidine rings is 1. The minimum absolute atomic E-state index is 0.0154. The summed E-state index contributed by atoms with van der Waals surface area (Å²) in [5.74, 6) is -1.30. The molecule has 138 valence electrons. The van der Waals surface area contributed by atoms with Gasteiger partial charge in [-0.3, -0.25) is 4.79 Å². The van der Waals surface area contributed by atoms with Gasteiger partial charge >= 0.3 is 0 Å². The number of methoxy groups -OCH3 is 1. The number of halogens is 2. The molecule has 1 aliphatic rings. The van der Waals surface area contributed by atoms with Crippen LogP contribution >= 0.6 is 0 Å². The van der Waals surface area contributed by atoms with E-state index >= 15 is 0 Å². The van der Waals surface area contributed by atoms with E-state index in [4.69, 9.17) is 4.74 Å². The number of hydrogen-bond donors (Lipinski definition) is 0. The van der Waals surface area contributed by atoms with E-state index in [0.29, 0.717) is 23.7 Å². The molecule has 1 amide bonds. The third-order valence-electron chi connectivity index (χ3n) is 4.93. The minimum atomic E-state index is -0.877. The summed E-state index contributed by atoms with van der Waals surface area (Å²) in [6.45, 7) is 2.20. The molecule has 5 heteroatoms. The molecule has 1 saturated heterocycles. The van der Waals surface area contributed by atoms with Gasteiger partial charge in [-0.2, -0.15) is 0 Å². The van der Waals surface area contributed by atoms with Crippen LogP contribution in [-0.4, -0.2) is 37.6 Å². The normalized spacial score (nSPS) is 17.3. The topological polar surface area (TPSA) is 29.5 Å². The molecule has 3 nitrogen and oxygen atoms in total. The van der Waals surface area contributed by atoms with Crippen molar-refractivity contribution in [3.8, 4) is 11.1 Å². The minimum Gasteiger partial charge on any atom is -0.385 e. The SMILES string of the molecule is COCCC1CCCN(C(=O)c2ccc(-c3cccc(F)c3F)cc2)C1. The molecule has 3 rings (SSSR count). The van der Waals surface area contributed by atoms with Gasteiger partial charge in [0.05, 0.1) is 0 Å². The van der Waals surface area contributed by atoms with Crippen LogP contribution in [0.15, 0.2) is 42.5 Å². The molecule has 2 aromatic carbocycles. The highest BCUT2D eigenvalue weighted by atomic mass is 19.2. The van der Waals surface area contributed by atoms with Crippen LogP contribution in [0.5, 0.6) is 0 Å². The quantitative estimate of drug-likeness (QED) is 0.785. The monoisotopic (exact) mass is 359 g/mol. The van der Waals surface area contributed by atoms with E-state index < -0.39 is 11.6 Å². The van der Waals surface area contributed by atoms with Crippen molar-refractivity contribution in [1.29, 1.82) is 0 Å². The summed E-state index contributed by atoms with van der Waals surface area (Å²) in [5.41, 5.74) is 1.31. The van der Waals surface area contributed by atoms with Gasteiger partial charge in [0.1, 0.15) is 0 Å².